The molecule has 0 aliphatic heterocycles. The van der Waals surface area contributed by atoms with Gasteiger partial charge in [-0.2, -0.15) is 0 Å². The first-order valence-electron chi connectivity index (χ1n) is 6.34. The second kappa shape index (κ2) is 4.55. The number of nitrogens with two attached hydrogens (primary N) is 1. The van der Waals surface area contributed by atoms with E-state index in [1.165, 1.54) is 19.3 Å². The average Bonchev–Trinajstić information content (AvgIpc) is 2.20. The zero-order valence-electron chi connectivity index (χ0n) is 10.4. The third kappa shape index (κ3) is 1.98. The molecular formula is C12H21N3O2. The van der Waals surface area contributed by atoms with Gasteiger partial charge in [-0.05, 0) is 31.6 Å². The summed E-state index contributed by atoms with van der Waals surface area (Å²) in [7, 11) is 1.82. The van der Waals surface area contributed by atoms with E-state index in [2.05, 4.69) is 5.16 Å². The van der Waals surface area contributed by atoms with Gasteiger partial charge in [-0.15, -0.1) is 0 Å². The summed E-state index contributed by atoms with van der Waals surface area (Å²) in [5.74, 6) is 0.744. The van der Waals surface area contributed by atoms with Crippen molar-refractivity contribution >= 4 is 11.7 Å². The molecule has 2 aliphatic carbocycles. The first kappa shape index (κ1) is 12.2. The van der Waals surface area contributed by atoms with Crippen LogP contribution in [0.1, 0.15) is 38.5 Å². The molecule has 2 fully saturated rings. The standard InChI is InChI=1S/C12H21N3O2/c1-15(8-9-4-2-5-9)11(16)12(6-3-7-12)10(13)14-17/h9,17H,2-8H2,1H3,(H2,13,14). The molecule has 0 aromatic carbocycles. The lowest BCUT2D eigenvalue weighted by molar-refractivity contribution is -0.141. The summed E-state index contributed by atoms with van der Waals surface area (Å²) in [5, 5.41) is 11.8. The third-order valence-electron chi connectivity index (χ3n) is 4.32. The van der Waals surface area contributed by atoms with Gasteiger partial charge in [0.2, 0.25) is 5.91 Å². The molecule has 17 heavy (non-hydrogen) atoms. The zero-order valence-corrected chi connectivity index (χ0v) is 10.4. The molecule has 2 aliphatic rings. The lowest BCUT2D eigenvalue weighted by Crippen LogP contribution is -2.55. The number of nitrogens with zero attached hydrogens (tertiary/aromatic N) is 2. The number of carbonyl (C=O) groups excluding carboxylic acids is 1. The van der Waals surface area contributed by atoms with Gasteiger partial charge in [-0.3, -0.25) is 4.79 Å². The summed E-state index contributed by atoms with van der Waals surface area (Å²) >= 11 is 0. The first-order chi connectivity index (χ1) is 8.10. The van der Waals surface area contributed by atoms with Crippen LogP contribution in [0.25, 0.3) is 0 Å². The summed E-state index contributed by atoms with van der Waals surface area (Å²) in [4.78, 5) is 14.1. The van der Waals surface area contributed by atoms with Crippen molar-refractivity contribution in [2.45, 2.75) is 38.5 Å². The zero-order chi connectivity index (χ0) is 12.5. The lowest BCUT2D eigenvalue weighted by atomic mass is 9.66. The molecule has 0 bridgehead atoms. The van der Waals surface area contributed by atoms with E-state index < -0.39 is 5.41 Å². The smallest absolute Gasteiger partial charge is 0.236 e. The highest BCUT2D eigenvalue weighted by Crippen LogP contribution is 2.43. The van der Waals surface area contributed by atoms with Crippen LogP contribution in [0.15, 0.2) is 5.16 Å². The SMILES string of the molecule is CN(CC1CCC1)C(=O)C1(C(N)=NO)CCC1. The van der Waals surface area contributed by atoms with Crippen LogP contribution in [0.3, 0.4) is 0 Å². The van der Waals surface area contributed by atoms with Crippen LogP contribution in [-0.4, -0.2) is 35.4 Å². The minimum Gasteiger partial charge on any atom is -0.409 e. The highest BCUT2D eigenvalue weighted by Gasteiger charge is 2.49. The van der Waals surface area contributed by atoms with Gasteiger partial charge in [-0.1, -0.05) is 18.0 Å². The van der Waals surface area contributed by atoms with E-state index in [1.807, 2.05) is 7.05 Å². The van der Waals surface area contributed by atoms with Gasteiger partial charge in [0.15, 0.2) is 5.84 Å². The van der Waals surface area contributed by atoms with Crippen molar-refractivity contribution in [3.63, 3.8) is 0 Å². The Kier molecular flexibility index (Phi) is 3.26. The molecule has 0 unspecified atom stereocenters. The number of oxime groups is 1. The fraction of sp³-hybridized carbons (Fsp3) is 0.833. The second-order valence-electron chi connectivity index (χ2n) is 5.40. The molecule has 0 radical (unpaired) electrons. The highest BCUT2D eigenvalue weighted by atomic mass is 16.4. The highest BCUT2D eigenvalue weighted by molar-refractivity contribution is 6.07. The summed E-state index contributed by atoms with van der Waals surface area (Å²) in [5.41, 5.74) is 4.97. The van der Waals surface area contributed by atoms with Crippen LogP contribution in [0.2, 0.25) is 0 Å². The Morgan fingerprint density at radius 1 is 1.47 bits per heavy atom. The van der Waals surface area contributed by atoms with E-state index in [9.17, 15) is 4.79 Å². The molecule has 0 aromatic heterocycles. The van der Waals surface area contributed by atoms with Crippen molar-refractivity contribution in [3.8, 4) is 0 Å². The van der Waals surface area contributed by atoms with Crippen molar-refractivity contribution in [2.75, 3.05) is 13.6 Å². The molecule has 2 saturated carbocycles. The monoisotopic (exact) mass is 239 g/mol. The number of carbonyl (C=O) groups is 1. The Balaban J connectivity index is 2.01. The van der Waals surface area contributed by atoms with E-state index in [-0.39, 0.29) is 11.7 Å². The summed E-state index contributed by atoms with van der Waals surface area (Å²) in [6.45, 7) is 0.805. The minimum absolute atomic E-state index is 0.0194. The van der Waals surface area contributed by atoms with Crippen LogP contribution >= 0.6 is 0 Å². The molecule has 96 valence electrons. The van der Waals surface area contributed by atoms with Gasteiger partial charge in [-0.25, -0.2) is 0 Å². The van der Waals surface area contributed by atoms with Gasteiger partial charge < -0.3 is 15.8 Å². The van der Waals surface area contributed by atoms with Crippen LogP contribution in [0.4, 0.5) is 0 Å². The molecule has 0 spiro atoms. The quantitative estimate of drug-likeness (QED) is 0.334. The molecular weight excluding hydrogens is 218 g/mol. The first-order valence-corrected chi connectivity index (χ1v) is 6.34. The number of rotatable bonds is 4. The summed E-state index contributed by atoms with van der Waals surface area (Å²) in [6, 6.07) is 0. The van der Waals surface area contributed by atoms with Crippen molar-refractivity contribution in [2.24, 2.45) is 22.2 Å². The van der Waals surface area contributed by atoms with E-state index in [4.69, 9.17) is 10.9 Å². The Morgan fingerprint density at radius 2 is 2.12 bits per heavy atom. The predicted molar refractivity (Wildman–Crippen MR) is 64.7 cm³/mol. The van der Waals surface area contributed by atoms with Gasteiger partial charge in [0, 0.05) is 13.6 Å². The number of amides is 1. The lowest BCUT2D eigenvalue weighted by Gasteiger charge is -2.42. The fourth-order valence-corrected chi connectivity index (χ4v) is 2.72. The van der Waals surface area contributed by atoms with Crippen LogP contribution < -0.4 is 5.73 Å². The van der Waals surface area contributed by atoms with E-state index in [1.54, 1.807) is 4.90 Å². The molecule has 0 saturated heterocycles. The molecule has 5 nitrogen and oxygen atoms in total. The molecule has 0 heterocycles. The normalized spacial score (nSPS) is 23.7. The van der Waals surface area contributed by atoms with Crippen molar-refractivity contribution < 1.29 is 10.0 Å². The molecule has 0 aromatic rings. The average molecular weight is 239 g/mol. The van der Waals surface area contributed by atoms with Crippen LogP contribution in [0, 0.1) is 11.3 Å². The largest absolute Gasteiger partial charge is 0.409 e. The van der Waals surface area contributed by atoms with Crippen LogP contribution in [0.5, 0.6) is 0 Å². The minimum atomic E-state index is -0.715. The van der Waals surface area contributed by atoms with Gasteiger partial charge in [0.1, 0.15) is 5.41 Å². The number of hydrogen-bond donors (Lipinski definition) is 2. The topological polar surface area (TPSA) is 78.9 Å². The van der Waals surface area contributed by atoms with Gasteiger partial charge >= 0.3 is 0 Å². The fourth-order valence-electron chi connectivity index (χ4n) is 2.72. The predicted octanol–water partition coefficient (Wildman–Crippen LogP) is 1.16. The summed E-state index contributed by atoms with van der Waals surface area (Å²) < 4.78 is 0. The molecule has 2 rings (SSSR count). The Bertz CT molecular complexity index is 333. The van der Waals surface area contributed by atoms with Gasteiger partial charge in [0.05, 0.1) is 0 Å². The maximum atomic E-state index is 12.4. The number of hydrogen-bond acceptors (Lipinski definition) is 3. The second-order valence-corrected chi connectivity index (χ2v) is 5.40. The Morgan fingerprint density at radius 3 is 2.47 bits per heavy atom. The van der Waals surface area contributed by atoms with E-state index in [0.29, 0.717) is 18.8 Å². The van der Waals surface area contributed by atoms with Gasteiger partial charge in [0.25, 0.3) is 0 Å². The Labute approximate surface area is 102 Å². The maximum absolute atomic E-state index is 12.4. The third-order valence-corrected chi connectivity index (χ3v) is 4.32. The van der Waals surface area contributed by atoms with Crippen LogP contribution in [-0.2, 0) is 4.79 Å². The number of amidine groups is 1. The maximum Gasteiger partial charge on any atom is 0.236 e. The molecule has 5 heteroatoms. The van der Waals surface area contributed by atoms with Crippen molar-refractivity contribution in [3.05, 3.63) is 0 Å². The Hall–Kier alpha value is -1.26. The van der Waals surface area contributed by atoms with E-state index >= 15 is 0 Å². The molecule has 1 amide bonds. The summed E-state index contributed by atoms with van der Waals surface area (Å²) in [6.07, 6.45) is 6.09. The van der Waals surface area contributed by atoms with Crippen molar-refractivity contribution in [1.29, 1.82) is 0 Å². The van der Waals surface area contributed by atoms with Crippen molar-refractivity contribution in [1.82, 2.24) is 4.90 Å². The molecule has 3 N–H and O–H groups in total. The molecule has 0 atom stereocenters. The van der Waals surface area contributed by atoms with E-state index in [0.717, 1.165) is 13.0 Å².